The van der Waals surface area contributed by atoms with E-state index in [-0.39, 0.29) is 11.9 Å². The molecular weight excluding hydrogens is 264 g/mol. The van der Waals surface area contributed by atoms with E-state index in [0.29, 0.717) is 6.54 Å². The van der Waals surface area contributed by atoms with Crippen molar-refractivity contribution in [3.63, 3.8) is 0 Å². The van der Waals surface area contributed by atoms with E-state index < -0.39 is 5.54 Å². The Bertz CT molecular complexity index is 670. The standard InChI is InChI=1S/C17H16N2O2/c1-17(14-10-6-3-7-11-14)15(20)18-16(21)19(17)12-13-8-4-2-5-9-13/h2-11H,12H2,1H3,(H,18,20,21)/t17-/m0/s1. The molecule has 106 valence electrons. The van der Waals surface area contributed by atoms with Gasteiger partial charge in [0.1, 0.15) is 5.54 Å². The first-order valence-corrected chi connectivity index (χ1v) is 6.85. The van der Waals surface area contributed by atoms with E-state index in [1.165, 1.54) is 0 Å². The molecule has 1 atom stereocenters. The molecule has 0 aromatic heterocycles. The molecule has 1 aliphatic rings. The Morgan fingerprint density at radius 2 is 1.52 bits per heavy atom. The van der Waals surface area contributed by atoms with Crippen molar-refractivity contribution in [2.24, 2.45) is 0 Å². The summed E-state index contributed by atoms with van der Waals surface area (Å²) >= 11 is 0. The molecule has 1 fully saturated rings. The van der Waals surface area contributed by atoms with E-state index in [9.17, 15) is 9.59 Å². The van der Waals surface area contributed by atoms with Gasteiger partial charge < -0.3 is 4.90 Å². The lowest BCUT2D eigenvalue weighted by Gasteiger charge is -2.32. The van der Waals surface area contributed by atoms with Crippen molar-refractivity contribution in [3.05, 3.63) is 71.8 Å². The van der Waals surface area contributed by atoms with Crippen LogP contribution in [0.2, 0.25) is 0 Å². The zero-order valence-electron chi connectivity index (χ0n) is 11.7. The maximum atomic E-state index is 12.3. The predicted octanol–water partition coefficient (Wildman–Crippen LogP) is 2.65. The maximum absolute atomic E-state index is 12.3. The van der Waals surface area contributed by atoms with Gasteiger partial charge in [0.05, 0.1) is 0 Å². The summed E-state index contributed by atoms with van der Waals surface area (Å²) in [5, 5.41) is 2.42. The average molecular weight is 280 g/mol. The van der Waals surface area contributed by atoms with Crippen molar-refractivity contribution >= 4 is 11.9 Å². The molecule has 3 rings (SSSR count). The number of carbonyl (C=O) groups is 2. The van der Waals surface area contributed by atoms with Gasteiger partial charge in [-0.1, -0.05) is 60.7 Å². The Labute approximate surface area is 123 Å². The van der Waals surface area contributed by atoms with Crippen LogP contribution in [0.15, 0.2) is 60.7 Å². The number of hydrogen-bond donors (Lipinski definition) is 1. The maximum Gasteiger partial charge on any atom is 0.325 e. The van der Waals surface area contributed by atoms with E-state index in [2.05, 4.69) is 5.32 Å². The number of benzene rings is 2. The number of amides is 3. The highest BCUT2D eigenvalue weighted by molar-refractivity contribution is 6.07. The Balaban J connectivity index is 2.00. The fourth-order valence-electron chi connectivity index (χ4n) is 2.66. The molecule has 0 saturated carbocycles. The number of carbonyl (C=O) groups excluding carboxylic acids is 2. The Morgan fingerprint density at radius 1 is 0.952 bits per heavy atom. The van der Waals surface area contributed by atoms with Crippen molar-refractivity contribution in [2.45, 2.75) is 19.0 Å². The van der Waals surface area contributed by atoms with Gasteiger partial charge in [-0.25, -0.2) is 4.79 Å². The number of nitrogens with one attached hydrogen (secondary N) is 1. The Kier molecular flexibility index (Phi) is 3.22. The minimum atomic E-state index is -0.978. The summed E-state index contributed by atoms with van der Waals surface area (Å²) in [4.78, 5) is 26.1. The minimum absolute atomic E-state index is 0.283. The summed E-state index contributed by atoms with van der Waals surface area (Å²) in [7, 11) is 0. The molecule has 4 nitrogen and oxygen atoms in total. The van der Waals surface area contributed by atoms with Crippen molar-refractivity contribution in [2.75, 3.05) is 0 Å². The fourth-order valence-corrected chi connectivity index (χ4v) is 2.66. The van der Waals surface area contributed by atoms with Gasteiger partial charge in [0.15, 0.2) is 0 Å². The van der Waals surface area contributed by atoms with Gasteiger partial charge in [-0.15, -0.1) is 0 Å². The van der Waals surface area contributed by atoms with Gasteiger partial charge in [0, 0.05) is 6.54 Å². The monoisotopic (exact) mass is 280 g/mol. The fraction of sp³-hybridized carbons (Fsp3) is 0.176. The van der Waals surface area contributed by atoms with Gasteiger partial charge >= 0.3 is 6.03 Å². The van der Waals surface area contributed by atoms with E-state index in [0.717, 1.165) is 11.1 Å². The molecule has 3 amide bonds. The van der Waals surface area contributed by atoms with E-state index in [1.807, 2.05) is 60.7 Å². The number of rotatable bonds is 3. The molecule has 21 heavy (non-hydrogen) atoms. The van der Waals surface area contributed by atoms with Crippen LogP contribution in [0.4, 0.5) is 4.79 Å². The van der Waals surface area contributed by atoms with Crippen molar-refractivity contribution in [1.29, 1.82) is 0 Å². The highest BCUT2D eigenvalue weighted by Gasteiger charge is 2.50. The Hall–Kier alpha value is -2.62. The number of nitrogens with zero attached hydrogens (tertiary/aromatic N) is 1. The third kappa shape index (κ3) is 2.18. The summed E-state index contributed by atoms with van der Waals surface area (Å²) in [5.41, 5.74) is 0.822. The van der Waals surface area contributed by atoms with Crippen molar-refractivity contribution in [3.8, 4) is 0 Å². The van der Waals surface area contributed by atoms with Gasteiger partial charge in [-0.3, -0.25) is 10.1 Å². The van der Waals surface area contributed by atoms with Crippen molar-refractivity contribution < 1.29 is 9.59 Å². The summed E-state index contributed by atoms with van der Waals surface area (Å²) in [6.45, 7) is 2.18. The Morgan fingerprint density at radius 3 is 2.14 bits per heavy atom. The first-order valence-electron chi connectivity index (χ1n) is 6.85. The van der Waals surface area contributed by atoms with Crippen LogP contribution in [-0.4, -0.2) is 16.8 Å². The molecule has 1 aliphatic heterocycles. The minimum Gasteiger partial charge on any atom is -0.302 e. The molecule has 0 unspecified atom stereocenters. The van der Waals surface area contributed by atoms with Crippen LogP contribution in [0.3, 0.4) is 0 Å². The second kappa shape index (κ2) is 5.05. The van der Waals surface area contributed by atoms with E-state index >= 15 is 0 Å². The lowest BCUT2D eigenvalue weighted by atomic mass is 9.90. The van der Waals surface area contributed by atoms with Crippen LogP contribution in [0.5, 0.6) is 0 Å². The molecule has 2 aromatic carbocycles. The van der Waals surface area contributed by atoms with Gasteiger partial charge in [0.25, 0.3) is 5.91 Å². The third-order valence-electron chi connectivity index (χ3n) is 3.97. The molecule has 0 spiro atoms. The first kappa shape index (κ1) is 13.4. The van der Waals surface area contributed by atoms with Crippen LogP contribution in [0.25, 0.3) is 0 Å². The molecule has 0 bridgehead atoms. The van der Waals surface area contributed by atoms with Gasteiger partial charge in [-0.2, -0.15) is 0 Å². The van der Waals surface area contributed by atoms with Gasteiger partial charge in [0.2, 0.25) is 0 Å². The predicted molar refractivity (Wildman–Crippen MR) is 79.3 cm³/mol. The lowest BCUT2D eigenvalue weighted by Crippen LogP contribution is -2.43. The average Bonchev–Trinajstić information content (AvgIpc) is 2.74. The van der Waals surface area contributed by atoms with Crippen LogP contribution < -0.4 is 5.32 Å². The molecular formula is C17H16N2O2. The zero-order valence-corrected chi connectivity index (χ0v) is 11.7. The van der Waals surface area contributed by atoms with E-state index in [1.54, 1.807) is 11.8 Å². The summed E-state index contributed by atoms with van der Waals surface area (Å²) in [6, 6.07) is 18.7. The second-order valence-electron chi connectivity index (χ2n) is 5.27. The number of urea groups is 1. The molecule has 1 saturated heterocycles. The van der Waals surface area contributed by atoms with Gasteiger partial charge in [-0.05, 0) is 18.1 Å². The van der Waals surface area contributed by atoms with Crippen LogP contribution in [0.1, 0.15) is 18.1 Å². The summed E-state index contributed by atoms with van der Waals surface area (Å²) in [5.74, 6) is -0.283. The number of hydrogen-bond acceptors (Lipinski definition) is 2. The number of imide groups is 1. The van der Waals surface area contributed by atoms with Crippen LogP contribution in [0, 0.1) is 0 Å². The molecule has 1 N–H and O–H groups in total. The molecule has 1 heterocycles. The normalized spacial score (nSPS) is 21.5. The first-order chi connectivity index (χ1) is 10.1. The smallest absolute Gasteiger partial charge is 0.302 e. The topological polar surface area (TPSA) is 49.4 Å². The highest BCUT2D eigenvalue weighted by atomic mass is 16.2. The highest BCUT2D eigenvalue weighted by Crippen LogP contribution is 2.33. The quantitative estimate of drug-likeness (QED) is 0.879. The molecule has 2 aromatic rings. The lowest BCUT2D eigenvalue weighted by molar-refractivity contribution is -0.126. The van der Waals surface area contributed by atoms with Crippen LogP contribution >= 0.6 is 0 Å². The van der Waals surface area contributed by atoms with Crippen LogP contribution in [-0.2, 0) is 16.9 Å². The van der Waals surface area contributed by atoms with E-state index in [4.69, 9.17) is 0 Å². The summed E-state index contributed by atoms with van der Waals surface area (Å²) < 4.78 is 0. The van der Waals surface area contributed by atoms with Crippen molar-refractivity contribution in [1.82, 2.24) is 10.2 Å². The molecule has 0 radical (unpaired) electrons. The largest absolute Gasteiger partial charge is 0.325 e. The zero-order chi connectivity index (χ0) is 14.9. The SMILES string of the molecule is C[C@]1(c2ccccc2)C(=O)NC(=O)N1Cc1ccccc1. The third-order valence-corrected chi connectivity index (χ3v) is 3.97. The summed E-state index contributed by atoms with van der Waals surface area (Å²) in [6.07, 6.45) is 0. The second-order valence-corrected chi connectivity index (χ2v) is 5.27. The molecule has 0 aliphatic carbocycles. The molecule has 4 heteroatoms.